The van der Waals surface area contributed by atoms with Crippen LogP contribution in [0, 0.1) is 0 Å². The molecule has 1 aliphatic carbocycles. The van der Waals surface area contributed by atoms with Crippen LogP contribution >= 0.6 is 34.5 Å². The van der Waals surface area contributed by atoms with Crippen molar-refractivity contribution in [2.75, 3.05) is 20.3 Å². The highest BCUT2D eigenvalue weighted by Crippen LogP contribution is 2.50. The van der Waals surface area contributed by atoms with Gasteiger partial charge in [-0.3, -0.25) is 4.79 Å². The van der Waals surface area contributed by atoms with Crippen LogP contribution in [0.15, 0.2) is 24.8 Å². The van der Waals surface area contributed by atoms with Gasteiger partial charge in [0.15, 0.2) is 5.60 Å². The Hall–Kier alpha value is -1.58. The van der Waals surface area contributed by atoms with Crippen molar-refractivity contribution in [3.8, 4) is 0 Å². The smallest absolute Gasteiger partial charge is 0.376 e. The van der Waals surface area contributed by atoms with Crippen molar-refractivity contribution in [3.05, 3.63) is 61.3 Å². The number of carbonyl (C=O) groups is 1. The van der Waals surface area contributed by atoms with Crippen LogP contribution in [0.3, 0.4) is 0 Å². The second-order valence-electron chi connectivity index (χ2n) is 9.24. The Kier molecular flexibility index (Phi) is 8.42. The van der Waals surface area contributed by atoms with Crippen LogP contribution in [0.2, 0.25) is 10.0 Å². The molecule has 2 aliphatic rings. The lowest BCUT2D eigenvalue weighted by atomic mass is 9.84. The minimum Gasteiger partial charge on any atom is -0.376 e. The number of thiophene rings is 1. The molecule has 1 aliphatic heterocycles. The number of nitrogens with one attached hydrogen (secondary N) is 1. The van der Waals surface area contributed by atoms with E-state index >= 15 is 0 Å². The molecule has 1 saturated heterocycles. The first-order valence-electron chi connectivity index (χ1n) is 11.9. The molecule has 2 atom stereocenters. The molecule has 0 radical (unpaired) electrons. The Morgan fingerprint density at radius 1 is 1.14 bits per heavy atom. The summed E-state index contributed by atoms with van der Waals surface area (Å²) in [6, 6.07) is 3.80. The molecule has 1 amide bonds. The zero-order chi connectivity index (χ0) is 26.1. The van der Waals surface area contributed by atoms with Gasteiger partial charge in [0.25, 0.3) is 5.91 Å². The van der Waals surface area contributed by atoms with Crippen LogP contribution in [0.4, 0.5) is 13.2 Å². The minimum atomic E-state index is -4.78. The van der Waals surface area contributed by atoms with Gasteiger partial charge >= 0.3 is 6.18 Å². The van der Waals surface area contributed by atoms with Gasteiger partial charge in [-0.2, -0.15) is 13.2 Å². The van der Waals surface area contributed by atoms with Gasteiger partial charge in [0.05, 0.1) is 11.0 Å². The summed E-state index contributed by atoms with van der Waals surface area (Å²) in [5, 5.41) is 3.10. The number of fused-ring (bicyclic) bond motifs is 1. The number of amides is 1. The molecule has 4 rings (SSSR count). The lowest BCUT2D eigenvalue weighted by Gasteiger charge is -2.36. The van der Waals surface area contributed by atoms with Crippen LogP contribution in [0.1, 0.15) is 63.3 Å². The lowest BCUT2D eigenvalue weighted by molar-refractivity contribution is -0.274. The average molecular weight is 562 g/mol. The number of hydrogen-bond donors (Lipinski definition) is 1. The van der Waals surface area contributed by atoms with Crippen LogP contribution in [-0.2, 0) is 27.9 Å². The highest BCUT2D eigenvalue weighted by molar-refractivity contribution is 7.15. The van der Waals surface area contributed by atoms with Crippen molar-refractivity contribution in [2.24, 2.45) is 0 Å². The number of ether oxygens (including phenoxy) is 2. The topological polar surface area (TPSA) is 47.6 Å². The molecule has 0 saturated carbocycles. The second-order valence-corrected chi connectivity index (χ2v) is 11.1. The van der Waals surface area contributed by atoms with E-state index in [9.17, 15) is 18.0 Å². The third kappa shape index (κ3) is 5.48. The predicted octanol–water partition coefficient (Wildman–Crippen LogP) is 7.35. The molecule has 1 fully saturated rings. The van der Waals surface area contributed by atoms with Gasteiger partial charge in [0.2, 0.25) is 0 Å². The van der Waals surface area contributed by atoms with E-state index in [0.29, 0.717) is 35.7 Å². The summed E-state index contributed by atoms with van der Waals surface area (Å²) in [5.74, 6) is -0.219. The summed E-state index contributed by atoms with van der Waals surface area (Å²) in [6.45, 7) is 5.15. The van der Waals surface area contributed by atoms with E-state index in [-0.39, 0.29) is 33.2 Å². The van der Waals surface area contributed by atoms with Gasteiger partial charge in [-0.25, -0.2) is 0 Å². The fourth-order valence-electron chi connectivity index (χ4n) is 5.03. The van der Waals surface area contributed by atoms with Crippen LogP contribution in [-0.4, -0.2) is 38.4 Å². The Morgan fingerprint density at radius 2 is 1.78 bits per heavy atom. The van der Waals surface area contributed by atoms with E-state index in [2.05, 4.69) is 11.9 Å². The van der Waals surface area contributed by atoms with Crippen LogP contribution in [0.5, 0.6) is 0 Å². The van der Waals surface area contributed by atoms with Gasteiger partial charge in [-0.05, 0) is 79.0 Å². The first-order valence-corrected chi connectivity index (χ1v) is 13.4. The van der Waals surface area contributed by atoms with Crippen molar-refractivity contribution in [2.45, 2.75) is 62.8 Å². The van der Waals surface area contributed by atoms with Crippen molar-refractivity contribution < 1.29 is 27.4 Å². The number of methoxy groups -OCH3 is 1. The van der Waals surface area contributed by atoms with Crippen molar-refractivity contribution in [3.63, 3.8) is 0 Å². The Labute approximate surface area is 222 Å². The SMILES string of the molecule is C=C(CC(OC)(c1cc(Cl)cc(Cl)c1)C(F)(F)F)c1sc(C(=O)NCC2CCCO2)c2c1CCCC2. The number of carbonyl (C=O) groups excluding carboxylic acids is 1. The highest BCUT2D eigenvalue weighted by Gasteiger charge is 2.57. The van der Waals surface area contributed by atoms with Crippen LogP contribution in [0.25, 0.3) is 5.57 Å². The summed E-state index contributed by atoms with van der Waals surface area (Å²) >= 11 is 13.3. The quantitative estimate of drug-likeness (QED) is 0.366. The molecular weight excluding hydrogens is 534 g/mol. The Balaban J connectivity index is 1.67. The lowest BCUT2D eigenvalue weighted by Crippen LogP contribution is -2.44. The zero-order valence-electron chi connectivity index (χ0n) is 19.9. The fourth-order valence-corrected chi connectivity index (χ4v) is 6.84. The van der Waals surface area contributed by atoms with Crippen LogP contribution < -0.4 is 5.32 Å². The summed E-state index contributed by atoms with van der Waals surface area (Å²) < 4.78 is 54.6. The molecule has 2 unspecified atom stereocenters. The molecule has 1 N–H and O–H groups in total. The minimum absolute atomic E-state index is 0.00204. The maximum absolute atomic E-state index is 14.6. The number of hydrogen-bond acceptors (Lipinski definition) is 4. The number of halogens is 5. The summed E-state index contributed by atoms with van der Waals surface area (Å²) in [7, 11) is 1.02. The fraction of sp³-hybridized carbons (Fsp3) is 0.500. The third-order valence-electron chi connectivity index (χ3n) is 6.86. The third-order valence-corrected chi connectivity index (χ3v) is 8.67. The molecule has 2 aromatic rings. The molecule has 36 heavy (non-hydrogen) atoms. The van der Waals surface area contributed by atoms with Gasteiger partial charge in [-0.15, -0.1) is 11.3 Å². The number of alkyl halides is 3. The first-order chi connectivity index (χ1) is 17.1. The standard InChI is InChI=1S/C26H28Cl2F3NO3S/c1-15(13-25(34-2,26(29,30)31)16-10-17(27)12-18(28)11-16)22-20-7-3-4-8-21(20)23(36-22)24(33)32-14-19-6-5-9-35-19/h10-12,19H,1,3-9,13-14H2,2H3,(H,32,33). The molecule has 196 valence electrons. The summed E-state index contributed by atoms with van der Waals surface area (Å²) in [6.07, 6.45) is -0.253. The van der Waals surface area contributed by atoms with E-state index in [1.165, 1.54) is 29.5 Å². The largest absolute Gasteiger partial charge is 0.422 e. The van der Waals surface area contributed by atoms with Crippen molar-refractivity contribution in [1.82, 2.24) is 5.32 Å². The summed E-state index contributed by atoms with van der Waals surface area (Å²) in [5.41, 5.74) is -0.822. The van der Waals surface area contributed by atoms with Gasteiger partial charge in [-0.1, -0.05) is 29.8 Å². The molecule has 4 nitrogen and oxygen atoms in total. The van der Waals surface area contributed by atoms with E-state index in [4.69, 9.17) is 32.7 Å². The Bertz CT molecular complexity index is 1120. The molecule has 1 aromatic heterocycles. The summed E-state index contributed by atoms with van der Waals surface area (Å²) in [4.78, 5) is 14.2. The van der Waals surface area contributed by atoms with Crippen molar-refractivity contribution in [1.29, 1.82) is 0 Å². The molecule has 1 aromatic carbocycles. The highest BCUT2D eigenvalue weighted by atomic mass is 35.5. The van der Waals surface area contributed by atoms with E-state index in [1.54, 1.807) is 0 Å². The molecule has 0 spiro atoms. The Morgan fingerprint density at radius 3 is 2.33 bits per heavy atom. The van der Waals surface area contributed by atoms with E-state index in [1.807, 2.05) is 0 Å². The molecule has 0 bridgehead atoms. The van der Waals surface area contributed by atoms with E-state index < -0.39 is 18.2 Å². The molecular formula is C26H28Cl2F3NO3S. The average Bonchev–Trinajstić information content (AvgIpc) is 3.47. The molecule has 2 heterocycles. The number of rotatable bonds is 8. The second kappa shape index (κ2) is 11.0. The van der Waals surface area contributed by atoms with Gasteiger partial charge in [0, 0.05) is 41.6 Å². The van der Waals surface area contributed by atoms with E-state index in [0.717, 1.165) is 43.9 Å². The predicted molar refractivity (Wildman–Crippen MR) is 137 cm³/mol. The first kappa shape index (κ1) is 27.5. The monoisotopic (exact) mass is 561 g/mol. The van der Waals surface area contributed by atoms with Crippen molar-refractivity contribution >= 4 is 46.0 Å². The zero-order valence-corrected chi connectivity index (χ0v) is 22.2. The number of benzene rings is 1. The van der Waals surface area contributed by atoms with Gasteiger partial charge < -0.3 is 14.8 Å². The normalized spacial score (nSPS) is 19.6. The maximum atomic E-state index is 14.6. The maximum Gasteiger partial charge on any atom is 0.422 e. The molecule has 10 heteroatoms. The van der Waals surface area contributed by atoms with Gasteiger partial charge in [0.1, 0.15) is 0 Å².